The number of carbonyl (C=O) groups is 2. The summed E-state index contributed by atoms with van der Waals surface area (Å²) >= 11 is 5.85. The van der Waals surface area contributed by atoms with Crippen LogP contribution in [0.2, 0.25) is 5.02 Å². The van der Waals surface area contributed by atoms with Crippen molar-refractivity contribution in [2.24, 2.45) is 0 Å². The summed E-state index contributed by atoms with van der Waals surface area (Å²) in [5.41, 5.74) is 1.59. The summed E-state index contributed by atoms with van der Waals surface area (Å²) in [6, 6.07) is 10.3. The standard InChI is InChI=1S/C19H21ClN2O3/c1-14-3-5-15(6-4-14)17(23)8-9-18(24)21-11-2-12-22-13-16(20)7-10-19(22)25/h3-7,10,13H,2,8-9,11-12H2,1H3,(H,21,24). The summed E-state index contributed by atoms with van der Waals surface area (Å²) in [5.74, 6) is -0.209. The van der Waals surface area contributed by atoms with Gasteiger partial charge in [0.05, 0.1) is 5.02 Å². The first-order valence-electron chi connectivity index (χ1n) is 8.18. The van der Waals surface area contributed by atoms with Gasteiger partial charge in [0, 0.05) is 43.8 Å². The van der Waals surface area contributed by atoms with Gasteiger partial charge in [-0.3, -0.25) is 14.4 Å². The molecule has 0 aliphatic rings. The molecule has 0 spiro atoms. The van der Waals surface area contributed by atoms with Gasteiger partial charge in [0.2, 0.25) is 5.91 Å². The van der Waals surface area contributed by atoms with Crippen LogP contribution in [-0.4, -0.2) is 22.8 Å². The van der Waals surface area contributed by atoms with Crippen LogP contribution in [0.25, 0.3) is 0 Å². The van der Waals surface area contributed by atoms with Crippen LogP contribution in [0.1, 0.15) is 35.2 Å². The number of rotatable bonds is 8. The third kappa shape index (κ3) is 6.19. The van der Waals surface area contributed by atoms with Crippen molar-refractivity contribution in [1.29, 1.82) is 0 Å². The van der Waals surface area contributed by atoms with Crippen molar-refractivity contribution in [3.63, 3.8) is 0 Å². The van der Waals surface area contributed by atoms with E-state index in [1.165, 1.54) is 10.6 Å². The fourth-order valence-corrected chi connectivity index (χ4v) is 2.53. The summed E-state index contributed by atoms with van der Waals surface area (Å²) in [5, 5.41) is 3.26. The maximum Gasteiger partial charge on any atom is 0.250 e. The van der Waals surface area contributed by atoms with Crippen LogP contribution in [-0.2, 0) is 11.3 Å². The number of pyridine rings is 1. The van der Waals surface area contributed by atoms with Gasteiger partial charge in [-0.15, -0.1) is 0 Å². The van der Waals surface area contributed by atoms with Crippen molar-refractivity contribution in [3.8, 4) is 0 Å². The van der Waals surface area contributed by atoms with E-state index in [2.05, 4.69) is 5.32 Å². The Morgan fingerprint density at radius 1 is 1.08 bits per heavy atom. The second-order valence-electron chi connectivity index (χ2n) is 5.87. The van der Waals surface area contributed by atoms with E-state index in [4.69, 9.17) is 11.6 Å². The highest BCUT2D eigenvalue weighted by atomic mass is 35.5. The Labute approximate surface area is 151 Å². The Morgan fingerprint density at radius 3 is 2.52 bits per heavy atom. The zero-order chi connectivity index (χ0) is 18.2. The lowest BCUT2D eigenvalue weighted by molar-refractivity contribution is -0.121. The molecule has 1 aromatic heterocycles. The summed E-state index contributed by atoms with van der Waals surface area (Å²) in [6.45, 7) is 2.87. The van der Waals surface area contributed by atoms with Crippen molar-refractivity contribution in [2.45, 2.75) is 32.7 Å². The monoisotopic (exact) mass is 360 g/mol. The van der Waals surface area contributed by atoms with E-state index < -0.39 is 0 Å². The molecule has 6 heteroatoms. The number of halogens is 1. The largest absolute Gasteiger partial charge is 0.356 e. The quantitative estimate of drug-likeness (QED) is 0.581. The zero-order valence-electron chi connectivity index (χ0n) is 14.1. The molecule has 0 radical (unpaired) electrons. The number of hydrogen-bond donors (Lipinski definition) is 1. The Morgan fingerprint density at radius 2 is 1.80 bits per heavy atom. The number of ketones is 1. The Balaban J connectivity index is 1.68. The fraction of sp³-hybridized carbons (Fsp3) is 0.316. The lowest BCUT2D eigenvalue weighted by Crippen LogP contribution is -2.27. The Kier molecular flexibility index (Phi) is 6.95. The topological polar surface area (TPSA) is 68.2 Å². The lowest BCUT2D eigenvalue weighted by atomic mass is 10.1. The van der Waals surface area contributed by atoms with Crippen molar-refractivity contribution < 1.29 is 9.59 Å². The molecular formula is C19H21ClN2O3. The summed E-state index contributed by atoms with van der Waals surface area (Å²) in [4.78, 5) is 35.4. The minimum absolute atomic E-state index is 0.0411. The van der Waals surface area contributed by atoms with Crippen molar-refractivity contribution in [3.05, 3.63) is 69.1 Å². The maximum absolute atomic E-state index is 12.0. The number of Topliss-reactive ketones (excluding diaryl/α,β-unsaturated/α-hetero) is 1. The second-order valence-corrected chi connectivity index (χ2v) is 6.31. The van der Waals surface area contributed by atoms with Gasteiger partial charge in [-0.05, 0) is 19.4 Å². The van der Waals surface area contributed by atoms with Crippen LogP contribution in [0.3, 0.4) is 0 Å². The molecule has 0 fully saturated rings. The number of carbonyl (C=O) groups excluding carboxylic acids is 2. The molecule has 1 N–H and O–H groups in total. The van der Waals surface area contributed by atoms with Crippen LogP contribution >= 0.6 is 11.6 Å². The smallest absolute Gasteiger partial charge is 0.250 e. The maximum atomic E-state index is 12.0. The predicted octanol–water partition coefficient (Wildman–Crippen LogP) is 2.98. The molecule has 2 aromatic rings. The number of hydrogen-bond acceptors (Lipinski definition) is 3. The molecule has 25 heavy (non-hydrogen) atoms. The number of nitrogens with zero attached hydrogens (tertiary/aromatic N) is 1. The van der Waals surface area contributed by atoms with Gasteiger partial charge in [-0.25, -0.2) is 0 Å². The van der Waals surface area contributed by atoms with E-state index in [1.54, 1.807) is 24.4 Å². The minimum Gasteiger partial charge on any atom is -0.356 e. The molecule has 5 nitrogen and oxygen atoms in total. The summed E-state index contributed by atoms with van der Waals surface area (Å²) in [6.07, 6.45) is 2.52. The van der Waals surface area contributed by atoms with Crippen LogP contribution in [0.4, 0.5) is 0 Å². The molecular weight excluding hydrogens is 340 g/mol. The minimum atomic E-state index is -0.168. The molecule has 1 aromatic carbocycles. The van der Waals surface area contributed by atoms with Gasteiger partial charge in [0.1, 0.15) is 0 Å². The molecule has 0 unspecified atom stereocenters. The number of amides is 1. The van der Waals surface area contributed by atoms with Crippen LogP contribution in [0.15, 0.2) is 47.4 Å². The van der Waals surface area contributed by atoms with E-state index in [9.17, 15) is 14.4 Å². The Bertz CT molecular complexity index is 797. The van der Waals surface area contributed by atoms with E-state index in [0.29, 0.717) is 30.1 Å². The Hall–Kier alpha value is -2.40. The van der Waals surface area contributed by atoms with E-state index >= 15 is 0 Å². The molecule has 0 aliphatic heterocycles. The number of nitrogens with one attached hydrogen (secondary N) is 1. The van der Waals surface area contributed by atoms with E-state index in [1.807, 2.05) is 19.1 Å². The average Bonchev–Trinajstić information content (AvgIpc) is 2.60. The molecule has 1 heterocycles. The third-order valence-electron chi connectivity index (χ3n) is 3.80. The highest BCUT2D eigenvalue weighted by Crippen LogP contribution is 2.07. The van der Waals surface area contributed by atoms with E-state index in [-0.39, 0.29) is 30.1 Å². The van der Waals surface area contributed by atoms with Crippen LogP contribution < -0.4 is 10.9 Å². The van der Waals surface area contributed by atoms with Crippen LogP contribution in [0, 0.1) is 6.92 Å². The normalized spacial score (nSPS) is 10.5. The SMILES string of the molecule is Cc1ccc(C(=O)CCC(=O)NCCCn2cc(Cl)ccc2=O)cc1. The summed E-state index contributed by atoms with van der Waals surface area (Å²) < 4.78 is 1.51. The van der Waals surface area contributed by atoms with Gasteiger partial charge < -0.3 is 9.88 Å². The average molecular weight is 361 g/mol. The van der Waals surface area contributed by atoms with Gasteiger partial charge in [-0.1, -0.05) is 41.4 Å². The molecule has 0 saturated heterocycles. The van der Waals surface area contributed by atoms with Gasteiger partial charge in [0.25, 0.3) is 5.56 Å². The number of aryl methyl sites for hydroxylation is 2. The molecule has 2 rings (SSSR count). The first kappa shape index (κ1) is 18.9. The molecule has 0 saturated carbocycles. The summed E-state index contributed by atoms with van der Waals surface area (Å²) in [7, 11) is 0. The molecule has 1 amide bonds. The van der Waals surface area contributed by atoms with Gasteiger partial charge in [0.15, 0.2) is 5.78 Å². The van der Waals surface area contributed by atoms with Crippen molar-refractivity contribution in [1.82, 2.24) is 9.88 Å². The highest BCUT2D eigenvalue weighted by Gasteiger charge is 2.09. The van der Waals surface area contributed by atoms with Crippen molar-refractivity contribution >= 4 is 23.3 Å². The molecule has 132 valence electrons. The molecule has 0 aliphatic carbocycles. The highest BCUT2D eigenvalue weighted by molar-refractivity contribution is 6.30. The number of aromatic nitrogens is 1. The predicted molar refractivity (Wildman–Crippen MR) is 98.1 cm³/mol. The van der Waals surface area contributed by atoms with Crippen molar-refractivity contribution in [2.75, 3.05) is 6.54 Å². The van der Waals surface area contributed by atoms with Gasteiger partial charge in [-0.2, -0.15) is 0 Å². The first-order chi connectivity index (χ1) is 12.0. The van der Waals surface area contributed by atoms with Gasteiger partial charge >= 0.3 is 0 Å². The molecule has 0 bridgehead atoms. The third-order valence-corrected chi connectivity index (χ3v) is 4.02. The molecule has 0 atom stereocenters. The van der Waals surface area contributed by atoms with Crippen LogP contribution in [0.5, 0.6) is 0 Å². The first-order valence-corrected chi connectivity index (χ1v) is 8.56. The fourth-order valence-electron chi connectivity index (χ4n) is 2.35. The second kappa shape index (κ2) is 9.18. The van der Waals surface area contributed by atoms with E-state index in [0.717, 1.165) is 5.56 Å². The number of benzene rings is 1. The zero-order valence-corrected chi connectivity index (χ0v) is 14.9. The lowest BCUT2D eigenvalue weighted by Gasteiger charge is -2.07.